The number of rotatable bonds is 13. The lowest BCUT2D eigenvalue weighted by atomic mass is 9.98. The highest BCUT2D eigenvalue weighted by molar-refractivity contribution is 7.98. The van der Waals surface area contributed by atoms with E-state index in [4.69, 9.17) is 17.8 Å². The zero-order valence-corrected chi connectivity index (χ0v) is 27.1. The highest BCUT2D eigenvalue weighted by Crippen LogP contribution is 2.34. The molecule has 1 aliphatic rings. The van der Waals surface area contributed by atoms with Crippen molar-refractivity contribution >= 4 is 17.7 Å². The Kier molecular flexibility index (Phi) is 7.07. The van der Waals surface area contributed by atoms with E-state index in [2.05, 4.69) is 4.98 Å². The van der Waals surface area contributed by atoms with Gasteiger partial charge in [0.25, 0.3) is 5.56 Å². The van der Waals surface area contributed by atoms with Crippen LogP contribution < -0.4 is 5.56 Å². The van der Waals surface area contributed by atoms with E-state index in [1.165, 1.54) is 24.3 Å². The summed E-state index contributed by atoms with van der Waals surface area (Å²) in [5.74, 6) is -1.44. The molecule has 254 valence electrons. The van der Waals surface area contributed by atoms with Crippen LogP contribution in [-0.4, -0.2) is 51.4 Å². The van der Waals surface area contributed by atoms with Crippen molar-refractivity contribution in [3.05, 3.63) is 116 Å². The first-order valence-electron chi connectivity index (χ1n) is 21.5. The summed E-state index contributed by atoms with van der Waals surface area (Å²) in [6.45, 7) is 4.06. The number of carbonyl (C=O) groups excluding carboxylic acids is 1. The second kappa shape index (κ2) is 15.5. The first-order valence-corrected chi connectivity index (χ1v) is 16.0. The Labute approximate surface area is 301 Å². The van der Waals surface area contributed by atoms with Gasteiger partial charge in [-0.25, -0.2) is 4.39 Å². The Morgan fingerprint density at radius 2 is 1.69 bits per heavy atom. The van der Waals surface area contributed by atoms with Gasteiger partial charge < -0.3 is 14.4 Å². The van der Waals surface area contributed by atoms with Crippen molar-refractivity contribution in [3.8, 4) is 11.1 Å². The molecule has 0 saturated heterocycles. The molecule has 0 saturated carbocycles. The molecule has 4 aromatic rings. The zero-order chi connectivity index (χ0) is 45.9. The number of aromatic nitrogens is 2. The van der Waals surface area contributed by atoms with E-state index in [9.17, 15) is 27.2 Å². The largest absolute Gasteiger partial charge is 0.416 e. The molecule has 0 radical (unpaired) electrons. The smallest absolute Gasteiger partial charge is 0.336 e. The predicted octanol–water partition coefficient (Wildman–Crippen LogP) is 7.53. The molecule has 5 rings (SSSR count). The maximum Gasteiger partial charge on any atom is 0.416 e. The summed E-state index contributed by atoms with van der Waals surface area (Å²) in [6, 6.07) is -1.49. The van der Waals surface area contributed by atoms with Gasteiger partial charge in [-0.2, -0.15) is 18.2 Å². The maximum atomic E-state index is 14.6. The van der Waals surface area contributed by atoms with E-state index in [0.717, 1.165) is 28.2 Å². The van der Waals surface area contributed by atoms with Crippen molar-refractivity contribution in [2.24, 2.45) is 0 Å². The minimum Gasteiger partial charge on any atom is -0.336 e. The quantitative estimate of drug-likeness (QED) is 0.0824. The van der Waals surface area contributed by atoms with Crippen molar-refractivity contribution in [3.63, 3.8) is 0 Å². The molecule has 0 spiro atoms. The average molecular weight is 694 g/mol. The number of benzene rings is 3. The highest BCUT2D eigenvalue weighted by atomic mass is 32.2. The molecule has 1 amide bonds. The Bertz CT molecular complexity index is 2390. The third-order valence-electron chi connectivity index (χ3n) is 7.58. The van der Waals surface area contributed by atoms with Crippen LogP contribution in [0, 0.1) is 12.7 Å². The van der Waals surface area contributed by atoms with Gasteiger partial charge in [0.1, 0.15) is 12.4 Å². The van der Waals surface area contributed by atoms with Gasteiger partial charge >= 0.3 is 6.18 Å². The Morgan fingerprint density at radius 1 is 1.00 bits per heavy atom. The van der Waals surface area contributed by atoms with E-state index in [1.54, 1.807) is 0 Å². The summed E-state index contributed by atoms with van der Waals surface area (Å²) >= 11 is 0.808. The van der Waals surface area contributed by atoms with Gasteiger partial charge in [0.2, 0.25) is 5.91 Å². The molecule has 0 atom stereocenters. The fourth-order valence-electron chi connectivity index (χ4n) is 4.89. The Hall–Kier alpha value is -3.96. The van der Waals surface area contributed by atoms with Crippen molar-refractivity contribution in [1.82, 2.24) is 19.4 Å². The second-order valence-electron chi connectivity index (χ2n) is 10.7. The number of likely N-dealkylation sites (N-methyl/N-ethyl adjacent to an activating group) is 1. The summed E-state index contributed by atoms with van der Waals surface area (Å²) in [7, 11) is 0. The number of carbonyl (C=O) groups is 1. The number of thioether (sulfide) groups is 1. The maximum absolute atomic E-state index is 14.6. The van der Waals surface area contributed by atoms with Gasteiger partial charge in [0.05, 0.1) is 15.2 Å². The lowest BCUT2D eigenvalue weighted by molar-refractivity contribution is -0.138. The second-order valence-corrected chi connectivity index (χ2v) is 11.7. The van der Waals surface area contributed by atoms with Crippen molar-refractivity contribution in [2.45, 2.75) is 70.1 Å². The van der Waals surface area contributed by atoms with Crippen LogP contribution in [0.4, 0.5) is 17.6 Å². The number of hydrogen-bond acceptors (Lipinski definition) is 5. The van der Waals surface area contributed by atoms with E-state index in [0.29, 0.717) is 18.7 Å². The molecule has 3 aromatic carbocycles. The molecular weight excluding hydrogens is 640 g/mol. The van der Waals surface area contributed by atoms with Crippen LogP contribution in [0.15, 0.2) is 76.5 Å². The van der Waals surface area contributed by atoms with E-state index < -0.39 is 137 Å². The molecule has 0 bridgehead atoms. The molecule has 11 heteroatoms. The summed E-state index contributed by atoms with van der Waals surface area (Å²) in [5, 5.41) is -0.311. The molecule has 0 fully saturated rings. The Morgan fingerprint density at radius 3 is 2.35 bits per heavy atom. The molecule has 48 heavy (non-hydrogen) atoms. The third-order valence-corrected chi connectivity index (χ3v) is 8.63. The number of fused-ring (bicyclic) bond motifs is 1. The Balaban J connectivity index is 1.66. The minimum atomic E-state index is -5.11. The van der Waals surface area contributed by atoms with Crippen LogP contribution in [0.2, 0.25) is 0 Å². The summed E-state index contributed by atoms with van der Waals surface area (Å²) in [4.78, 5) is 35.0. The first kappa shape index (κ1) is 21.9. The van der Waals surface area contributed by atoms with Gasteiger partial charge in [-0.1, -0.05) is 74.0 Å². The van der Waals surface area contributed by atoms with Gasteiger partial charge in [-0.3, -0.25) is 9.59 Å². The molecule has 1 aliphatic carbocycles. The van der Waals surface area contributed by atoms with Crippen LogP contribution in [0.1, 0.15) is 71.6 Å². The first-order chi connectivity index (χ1) is 28.2. The average Bonchev–Trinajstić information content (AvgIpc) is 3.29. The molecule has 1 heterocycles. The van der Waals surface area contributed by atoms with Crippen LogP contribution in [0.5, 0.6) is 0 Å². The highest BCUT2D eigenvalue weighted by Gasteiger charge is 2.32. The van der Waals surface area contributed by atoms with Gasteiger partial charge in [0.15, 0.2) is 5.16 Å². The molecule has 6 nitrogen and oxygen atoms in total. The fraction of sp³-hybridized carbons (Fsp3) is 0.378. The van der Waals surface area contributed by atoms with Gasteiger partial charge in [-0.15, -0.1) is 0 Å². The van der Waals surface area contributed by atoms with Crippen molar-refractivity contribution in [1.29, 1.82) is 0 Å². The molecule has 0 unspecified atom stereocenters. The molecule has 1 aromatic heterocycles. The standard InChI is InChI=1S/C37H40F4N4O2S/c1-4-43(5-2)19-20-44(22-26-9-13-28(14-10-26)29-15-18-32(25(3)21-29)37(39,40)41)34(46)23-45-33-8-6-7-31(33)35(47)42-36(45)48-24-27-11-16-30(38)17-12-27/h9-18,21H,4-8,19-20,22-24H2,1-3H3/i6D2,7D2,8D2,9D,10D,13D,14D,15D,18D,21D. The molecular formula is C37H40F4N4O2S. The van der Waals surface area contributed by atoms with E-state index >= 15 is 0 Å². The summed E-state index contributed by atoms with van der Waals surface area (Å²) in [6.07, 6.45) is -14.9. The van der Waals surface area contributed by atoms with E-state index in [-0.39, 0.29) is 24.0 Å². The van der Waals surface area contributed by atoms with Crippen LogP contribution in [0.25, 0.3) is 11.1 Å². The fourth-order valence-corrected chi connectivity index (χ4v) is 5.83. The van der Waals surface area contributed by atoms with E-state index in [1.807, 2.05) is 18.7 Å². The number of nitrogens with zero attached hydrogens (tertiary/aromatic N) is 4. The number of amides is 1. The SMILES string of the molecule is [2H]c1c([2H])c(-c2c([2H])c([2H])c(C(F)(F)F)c(C)c2[2H])c([2H])c([2H])c1CN(CCN(CC)CC)C(=O)Cn1c(SCc2ccc(F)cc2)nc(=O)c2c1C([2H])([2H])C([2H])([2H])C2([2H])[2H]. The van der Waals surface area contributed by atoms with Crippen molar-refractivity contribution in [2.75, 3.05) is 26.2 Å². The lowest BCUT2D eigenvalue weighted by Crippen LogP contribution is -2.40. The van der Waals surface area contributed by atoms with Gasteiger partial charge in [0, 0.05) is 44.9 Å². The number of alkyl halides is 3. The lowest BCUT2D eigenvalue weighted by Gasteiger charge is -2.28. The third kappa shape index (κ3) is 8.54. The van der Waals surface area contributed by atoms with Crippen LogP contribution >= 0.6 is 11.8 Å². The van der Waals surface area contributed by atoms with Crippen LogP contribution in [0.3, 0.4) is 0 Å². The summed E-state index contributed by atoms with van der Waals surface area (Å²) < 4.78 is 168. The topological polar surface area (TPSA) is 58.4 Å². The summed E-state index contributed by atoms with van der Waals surface area (Å²) in [5.41, 5.74) is -6.63. The molecule has 0 aliphatic heterocycles. The number of halogens is 4. The monoisotopic (exact) mass is 693 g/mol. The van der Waals surface area contributed by atoms with Crippen LogP contribution in [-0.2, 0) is 42.6 Å². The minimum absolute atomic E-state index is 0.0102. The zero-order valence-electron chi connectivity index (χ0n) is 39.3. The van der Waals surface area contributed by atoms with Gasteiger partial charge in [-0.05, 0) is 85.1 Å². The predicted molar refractivity (Wildman–Crippen MR) is 181 cm³/mol. The normalized spacial score (nSPS) is 19.9. The number of hydrogen-bond donors (Lipinski definition) is 0. The van der Waals surface area contributed by atoms with Crippen molar-refractivity contribution < 1.29 is 40.2 Å². The molecule has 0 N–H and O–H groups in total.